The van der Waals surface area contributed by atoms with Gasteiger partial charge in [0.1, 0.15) is 0 Å². The van der Waals surface area contributed by atoms with Crippen LogP contribution in [0.3, 0.4) is 0 Å². The number of hydrogen-bond acceptors (Lipinski definition) is 3. The second-order valence-electron chi connectivity index (χ2n) is 4.44. The summed E-state index contributed by atoms with van der Waals surface area (Å²) in [5.74, 6) is -0.640. The maximum atomic E-state index is 12.8. The molecule has 2 aromatic rings. The number of nitrogens with zero attached hydrogens (tertiary/aromatic N) is 1. The Morgan fingerprint density at radius 3 is 2.48 bits per heavy atom. The van der Waals surface area contributed by atoms with E-state index in [-0.39, 0.29) is 11.3 Å². The normalized spacial score (nSPS) is 11.4. The summed E-state index contributed by atoms with van der Waals surface area (Å²) in [6.07, 6.45) is -2.55. The number of halogens is 3. The summed E-state index contributed by atoms with van der Waals surface area (Å²) >= 11 is 1.21. The van der Waals surface area contributed by atoms with Crippen molar-refractivity contribution in [3.8, 4) is 0 Å². The van der Waals surface area contributed by atoms with E-state index in [2.05, 4.69) is 4.98 Å². The molecule has 0 radical (unpaired) electrons. The minimum atomic E-state index is -4.55. The summed E-state index contributed by atoms with van der Waals surface area (Å²) in [5, 5.41) is 0. The van der Waals surface area contributed by atoms with Crippen LogP contribution in [-0.2, 0) is 6.18 Å². The van der Waals surface area contributed by atoms with Crippen LogP contribution in [0.5, 0.6) is 0 Å². The summed E-state index contributed by atoms with van der Waals surface area (Å²) in [6, 6.07) is 8.27. The van der Waals surface area contributed by atoms with Gasteiger partial charge in [0, 0.05) is 22.9 Å². The number of ketones is 1. The molecule has 0 aliphatic rings. The molecule has 6 heteroatoms. The summed E-state index contributed by atoms with van der Waals surface area (Å²) < 4.78 is 38.5. The molecular formula is C15H12F3NOS. The Morgan fingerprint density at radius 2 is 1.86 bits per heavy atom. The maximum Gasteiger partial charge on any atom is 0.417 e. The highest BCUT2D eigenvalue weighted by Gasteiger charge is 2.34. The Kier molecular flexibility index (Phi) is 4.67. The van der Waals surface area contributed by atoms with Crippen LogP contribution in [0, 0.1) is 6.92 Å². The monoisotopic (exact) mass is 311 g/mol. The lowest BCUT2D eigenvalue weighted by molar-refractivity contribution is -0.138. The van der Waals surface area contributed by atoms with Gasteiger partial charge in [-0.05, 0) is 25.1 Å². The van der Waals surface area contributed by atoms with E-state index < -0.39 is 17.5 Å². The van der Waals surface area contributed by atoms with Crippen molar-refractivity contribution in [1.29, 1.82) is 0 Å². The highest BCUT2D eigenvalue weighted by Crippen LogP contribution is 2.32. The van der Waals surface area contributed by atoms with Crippen molar-refractivity contribution >= 4 is 17.5 Å². The minimum absolute atomic E-state index is 0.0577. The average molecular weight is 311 g/mol. The first-order valence-corrected chi connectivity index (χ1v) is 7.10. The molecule has 0 saturated carbocycles. The number of carbonyl (C=O) groups excluding carboxylic acids is 1. The lowest BCUT2D eigenvalue weighted by Crippen LogP contribution is -2.14. The standard InChI is InChI=1S/C15H12F3NOS/c1-10-2-4-11(5-3-10)21-9-14(20)12-8-19-7-6-13(12)15(16,17)18/h2-8H,9H2,1H3. The first-order valence-electron chi connectivity index (χ1n) is 6.12. The van der Waals surface area contributed by atoms with Crippen molar-refractivity contribution in [3.05, 3.63) is 59.4 Å². The molecule has 0 bridgehead atoms. The first-order chi connectivity index (χ1) is 9.88. The molecular weight excluding hydrogens is 299 g/mol. The second kappa shape index (κ2) is 6.30. The van der Waals surface area contributed by atoms with E-state index in [0.29, 0.717) is 0 Å². The Hall–Kier alpha value is -1.82. The molecule has 1 heterocycles. The Morgan fingerprint density at radius 1 is 1.19 bits per heavy atom. The van der Waals surface area contributed by atoms with E-state index in [1.54, 1.807) is 0 Å². The van der Waals surface area contributed by atoms with Crippen LogP contribution in [0.15, 0.2) is 47.6 Å². The summed E-state index contributed by atoms with van der Waals surface area (Å²) in [6.45, 7) is 1.94. The molecule has 2 nitrogen and oxygen atoms in total. The van der Waals surface area contributed by atoms with E-state index in [1.165, 1.54) is 11.8 Å². The summed E-state index contributed by atoms with van der Waals surface area (Å²) in [7, 11) is 0. The fourth-order valence-electron chi connectivity index (χ4n) is 1.72. The zero-order valence-electron chi connectivity index (χ0n) is 11.1. The number of Topliss-reactive ketones (excluding diaryl/α,β-unsaturated/α-hetero) is 1. The molecule has 110 valence electrons. The zero-order valence-corrected chi connectivity index (χ0v) is 12.0. The lowest BCUT2D eigenvalue weighted by Gasteiger charge is -2.11. The third-order valence-corrected chi connectivity index (χ3v) is 3.83. The third kappa shape index (κ3) is 4.07. The number of hydrogen-bond donors (Lipinski definition) is 0. The number of alkyl halides is 3. The van der Waals surface area contributed by atoms with Gasteiger partial charge in [-0.2, -0.15) is 13.2 Å². The SMILES string of the molecule is Cc1ccc(SCC(=O)c2cnccc2C(F)(F)F)cc1. The molecule has 21 heavy (non-hydrogen) atoms. The number of carbonyl (C=O) groups is 1. The van der Waals surface area contributed by atoms with E-state index in [1.807, 2.05) is 31.2 Å². The van der Waals surface area contributed by atoms with Crippen LogP contribution in [-0.4, -0.2) is 16.5 Å². The van der Waals surface area contributed by atoms with Gasteiger partial charge in [0.15, 0.2) is 5.78 Å². The van der Waals surface area contributed by atoms with E-state index in [0.717, 1.165) is 28.9 Å². The number of pyridine rings is 1. The lowest BCUT2D eigenvalue weighted by atomic mass is 10.1. The van der Waals surface area contributed by atoms with Gasteiger partial charge in [-0.1, -0.05) is 17.7 Å². The molecule has 1 aromatic heterocycles. The first kappa shape index (κ1) is 15.6. The maximum absolute atomic E-state index is 12.8. The van der Waals surface area contributed by atoms with Gasteiger partial charge in [0.2, 0.25) is 0 Å². The predicted octanol–water partition coefficient (Wildman–Crippen LogP) is 4.38. The third-order valence-electron chi connectivity index (χ3n) is 2.82. The Bertz CT molecular complexity index is 638. The van der Waals surface area contributed by atoms with Crippen molar-refractivity contribution in [2.24, 2.45) is 0 Å². The molecule has 0 fully saturated rings. The quantitative estimate of drug-likeness (QED) is 0.620. The molecule has 1 aromatic carbocycles. The highest BCUT2D eigenvalue weighted by atomic mass is 32.2. The van der Waals surface area contributed by atoms with E-state index >= 15 is 0 Å². The van der Waals surface area contributed by atoms with Crippen LogP contribution in [0.1, 0.15) is 21.5 Å². The van der Waals surface area contributed by atoms with E-state index in [9.17, 15) is 18.0 Å². The average Bonchev–Trinajstić information content (AvgIpc) is 2.45. The van der Waals surface area contributed by atoms with Gasteiger partial charge in [0.25, 0.3) is 0 Å². The molecule has 0 aliphatic heterocycles. The highest BCUT2D eigenvalue weighted by molar-refractivity contribution is 8.00. The van der Waals surface area contributed by atoms with Crippen LogP contribution < -0.4 is 0 Å². The number of aryl methyl sites for hydroxylation is 1. The van der Waals surface area contributed by atoms with Crippen molar-refractivity contribution < 1.29 is 18.0 Å². The molecule has 0 aliphatic carbocycles. The fraction of sp³-hybridized carbons (Fsp3) is 0.200. The molecule has 0 saturated heterocycles. The van der Waals surface area contributed by atoms with Gasteiger partial charge >= 0.3 is 6.18 Å². The fourth-order valence-corrected chi connectivity index (χ4v) is 2.51. The number of aromatic nitrogens is 1. The van der Waals surface area contributed by atoms with Crippen molar-refractivity contribution in [3.63, 3.8) is 0 Å². The molecule has 2 rings (SSSR count). The second-order valence-corrected chi connectivity index (χ2v) is 5.49. The zero-order chi connectivity index (χ0) is 15.5. The van der Waals surface area contributed by atoms with Gasteiger partial charge in [-0.25, -0.2) is 0 Å². The molecule has 0 atom stereocenters. The van der Waals surface area contributed by atoms with Crippen molar-refractivity contribution in [2.45, 2.75) is 18.0 Å². The Labute approximate surface area is 124 Å². The summed E-state index contributed by atoms with van der Waals surface area (Å²) in [5.41, 5.74) is -0.242. The largest absolute Gasteiger partial charge is 0.417 e. The van der Waals surface area contributed by atoms with Crippen LogP contribution in [0.25, 0.3) is 0 Å². The smallest absolute Gasteiger partial charge is 0.293 e. The number of rotatable bonds is 4. The topological polar surface area (TPSA) is 30.0 Å². The van der Waals surface area contributed by atoms with E-state index in [4.69, 9.17) is 0 Å². The number of benzene rings is 1. The van der Waals surface area contributed by atoms with Gasteiger partial charge in [0.05, 0.1) is 11.3 Å². The van der Waals surface area contributed by atoms with Gasteiger partial charge in [-0.15, -0.1) is 11.8 Å². The predicted molar refractivity (Wildman–Crippen MR) is 75.5 cm³/mol. The van der Waals surface area contributed by atoms with Crippen LogP contribution in [0.4, 0.5) is 13.2 Å². The van der Waals surface area contributed by atoms with Crippen LogP contribution >= 0.6 is 11.8 Å². The number of thioether (sulfide) groups is 1. The molecule has 0 amide bonds. The van der Waals surface area contributed by atoms with Crippen molar-refractivity contribution in [2.75, 3.05) is 5.75 Å². The minimum Gasteiger partial charge on any atom is -0.293 e. The van der Waals surface area contributed by atoms with Gasteiger partial charge < -0.3 is 0 Å². The molecule has 0 N–H and O–H groups in total. The Balaban J connectivity index is 2.12. The van der Waals surface area contributed by atoms with Crippen molar-refractivity contribution in [1.82, 2.24) is 4.98 Å². The molecule has 0 spiro atoms. The van der Waals surface area contributed by atoms with Crippen LogP contribution in [0.2, 0.25) is 0 Å². The van der Waals surface area contributed by atoms with Gasteiger partial charge in [-0.3, -0.25) is 9.78 Å². The summed E-state index contributed by atoms with van der Waals surface area (Å²) in [4.78, 5) is 16.4. The molecule has 0 unspecified atom stereocenters.